The monoisotopic (exact) mass is 168 g/mol. The van der Waals surface area contributed by atoms with E-state index in [1.54, 1.807) is 0 Å². The van der Waals surface area contributed by atoms with Crippen molar-refractivity contribution < 1.29 is 14.7 Å². The van der Waals surface area contributed by atoms with Crippen LogP contribution in [0.4, 0.5) is 0 Å². The smallest absolute Gasteiger partial charge is 0.431 e. The molecule has 0 aromatic carbocycles. The van der Waals surface area contributed by atoms with Gasteiger partial charge in [-0.2, -0.15) is 0 Å². The Bertz CT molecular complexity index is 437. The molecule has 0 radical (unpaired) electrons. The van der Waals surface area contributed by atoms with Crippen LogP contribution in [0.25, 0.3) is 11.2 Å². The molecule has 2 aromatic rings. The van der Waals surface area contributed by atoms with Gasteiger partial charge in [-0.25, -0.2) is 4.98 Å². The Hall–Kier alpha value is -2.05. The van der Waals surface area contributed by atoms with Crippen molar-refractivity contribution in [3.63, 3.8) is 0 Å². The number of imidazole rings is 1. The van der Waals surface area contributed by atoms with Crippen LogP contribution in [0.3, 0.4) is 0 Å². The summed E-state index contributed by atoms with van der Waals surface area (Å²) >= 11 is 0. The Kier molecular flexibility index (Phi) is 1.09. The Balaban J connectivity index is 2.93. The topological polar surface area (TPSA) is 91.9 Å². The van der Waals surface area contributed by atoms with Gasteiger partial charge in [0.2, 0.25) is 11.7 Å². The second-order valence-electron chi connectivity index (χ2n) is 2.23. The fraction of sp³-hybridized carbons (Fsp3) is 0. The Morgan fingerprint density at radius 2 is 2.25 bits per heavy atom. The van der Waals surface area contributed by atoms with Crippen molar-refractivity contribution in [3.8, 4) is 0 Å². The summed E-state index contributed by atoms with van der Waals surface area (Å²) in [5, 5.41) is 30.6. The Labute approximate surface area is 65.9 Å². The summed E-state index contributed by atoms with van der Waals surface area (Å²) in [4.78, 5) is 3.61. The maximum absolute atomic E-state index is 11.0. The molecule has 0 aliphatic heterocycles. The van der Waals surface area contributed by atoms with Gasteiger partial charge in [0.15, 0.2) is 0 Å². The van der Waals surface area contributed by atoms with Gasteiger partial charge in [0.05, 0.1) is 0 Å². The van der Waals surface area contributed by atoms with Crippen LogP contribution in [-0.4, -0.2) is 14.9 Å². The SMILES string of the molecule is [O-][n+]1cc2ncn(O)c2[n+]([O-])c1. The van der Waals surface area contributed by atoms with E-state index in [2.05, 4.69) is 4.98 Å². The van der Waals surface area contributed by atoms with Crippen LogP contribution in [0.15, 0.2) is 18.9 Å². The number of nitrogens with zero attached hydrogens (tertiary/aromatic N) is 4. The average molecular weight is 168 g/mol. The molecule has 0 unspecified atom stereocenters. The lowest BCUT2D eigenvalue weighted by Crippen LogP contribution is -2.41. The van der Waals surface area contributed by atoms with Crippen molar-refractivity contribution >= 4 is 11.2 Å². The number of fused-ring (bicyclic) bond motifs is 1. The zero-order valence-corrected chi connectivity index (χ0v) is 5.78. The molecule has 1 N–H and O–H groups in total. The third-order valence-electron chi connectivity index (χ3n) is 1.43. The van der Waals surface area contributed by atoms with Crippen molar-refractivity contribution in [1.82, 2.24) is 9.71 Å². The summed E-state index contributed by atoms with van der Waals surface area (Å²) < 4.78 is 1.12. The molecule has 0 spiro atoms. The Morgan fingerprint density at radius 3 is 3.00 bits per heavy atom. The highest BCUT2D eigenvalue weighted by atomic mass is 16.5. The first-order valence-electron chi connectivity index (χ1n) is 3.07. The molecule has 12 heavy (non-hydrogen) atoms. The maximum Gasteiger partial charge on any atom is 0.431 e. The fourth-order valence-corrected chi connectivity index (χ4v) is 0.964. The van der Waals surface area contributed by atoms with E-state index in [0.29, 0.717) is 9.46 Å². The van der Waals surface area contributed by atoms with E-state index in [0.717, 1.165) is 18.9 Å². The van der Waals surface area contributed by atoms with E-state index in [4.69, 9.17) is 5.21 Å². The first kappa shape index (κ1) is 6.65. The van der Waals surface area contributed by atoms with Crippen LogP contribution >= 0.6 is 0 Å². The second kappa shape index (κ2) is 1.97. The van der Waals surface area contributed by atoms with E-state index >= 15 is 0 Å². The molecule has 0 amide bonds. The van der Waals surface area contributed by atoms with E-state index in [1.807, 2.05) is 0 Å². The van der Waals surface area contributed by atoms with Gasteiger partial charge in [-0.15, -0.1) is 9.46 Å². The summed E-state index contributed by atoms with van der Waals surface area (Å²) in [6.45, 7) is 0. The highest BCUT2D eigenvalue weighted by molar-refractivity contribution is 5.64. The number of aromatic nitrogens is 4. The molecule has 0 fully saturated rings. The molecule has 0 aliphatic carbocycles. The van der Waals surface area contributed by atoms with Crippen molar-refractivity contribution in [3.05, 3.63) is 29.3 Å². The average Bonchev–Trinajstić information content (AvgIpc) is 2.31. The van der Waals surface area contributed by atoms with Gasteiger partial charge in [0, 0.05) is 0 Å². The number of hydrogen-bond donors (Lipinski definition) is 1. The first-order valence-corrected chi connectivity index (χ1v) is 3.07. The van der Waals surface area contributed by atoms with Crippen LogP contribution in [0, 0.1) is 10.4 Å². The third kappa shape index (κ3) is 0.729. The summed E-state index contributed by atoms with van der Waals surface area (Å²) in [5.41, 5.74) is 0.0760. The van der Waals surface area contributed by atoms with Gasteiger partial charge in [0.1, 0.15) is 6.33 Å². The summed E-state index contributed by atoms with van der Waals surface area (Å²) in [6, 6.07) is 0. The second-order valence-corrected chi connectivity index (χ2v) is 2.23. The number of hydrogen-bond acceptors (Lipinski definition) is 4. The van der Waals surface area contributed by atoms with Crippen LogP contribution in [0.1, 0.15) is 0 Å². The lowest BCUT2D eigenvalue weighted by atomic mass is 10.6. The molecule has 2 rings (SSSR count). The fourth-order valence-electron chi connectivity index (χ4n) is 0.964. The zero-order chi connectivity index (χ0) is 8.72. The van der Waals surface area contributed by atoms with Gasteiger partial charge in [-0.05, 0) is 0 Å². The predicted molar refractivity (Wildman–Crippen MR) is 34.8 cm³/mol. The van der Waals surface area contributed by atoms with Gasteiger partial charge in [-0.1, -0.05) is 4.73 Å². The molecular weight excluding hydrogens is 164 g/mol. The third-order valence-corrected chi connectivity index (χ3v) is 1.43. The minimum absolute atomic E-state index is 0.0675. The zero-order valence-electron chi connectivity index (χ0n) is 5.78. The molecular formula is C5H4N4O3. The lowest BCUT2D eigenvalue weighted by molar-refractivity contribution is -0.732. The van der Waals surface area contributed by atoms with E-state index in [1.165, 1.54) is 0 Å². The predicted octanol–water partition coefficient (Wildman–Crippen LogP) is -1.46. The van der Waals surface area contributed by atoms with Gasteiger partial charge in [0.25, 0.3) is 0 Å². The van der Waals surface area contributed by atoms with E-state index in [-0.39, 0.29) is 15.9 Å². The van der Waals surface area contributed by atoms with Gasteiger partial charge in [-0.3, -0.25) is 0 Å². The molecule has 0 bridgehead atoms. The van der Waals surface area contributed by atoms with E-state index < -0.39 is 0 Å². The molecule has 2 heterocycles. The summed E-state index contributed by atoms with van der Waals surface area (Å²) in [7, 11) is 0. The van der Waals surface area contributed by atoms with Crippen molar-refractivity contribution in [2.45, 2.75) is 0 Å². The minimum Gasteiger partial charge on any atom is -0.614 e. The summed E-state index contributed by atoms with van der Waals surface area (Å²) in [5.74, 6) is 0. The van der Waals surface area contributed by atoms with Crippen molar-refractivity contribution in [1.29, 1.82) is 0 Å². The molecule has 0 saturated carbocycles. The molecule has 7 heteroatoms. The standard InChI is InChI=1S/C5H4N4O3/c10-7-1-4-5(9(12)3-7)8(11)2-6-4/h1-3,11H. The van der Waals surface area contributed by atoms with Crippen molar-refractivity contribution in [2.75, 3.05) is 0 Å². The highest BCUT2D eigenvalue weighted by Crippen LogP contribution is 2.01. The lowest BCUT2D eigenvalue weighted by Gasteiger charge is -1.96. The molecule has 2 aromatic heterocycles. The van der Waals surface area contributed by atoms with Crippen LogP contribution in [-0.2, 0) is 0 Å². The summed E-state index contributed by atoms with van der Waals surface area (Å²) in [6.07, 6.45) is 2.88. The molecule has 0 atom stereocenters. The maximum atomic E-state index is 11.0. The Morgan fingerprint density at radius 1 is 1.50 bits per heavy atom. The van der Waals surface area contributed by atoms with Crippen LogP contribution < -0.4 is 9.46 Å². The molecule has 0 aliphatic rings. The molecule has 62 valence electrons. The normalized spacial score (nSPS) is 10.7. The molecule has 7 nitrogen and oxygen atoms in total. The number of rotatable bonds is 0. The largest absolute Gasteiger partial charge is 0.614 e. The van der Waals surface area contributed by atoms with Gasteiger partial charge >= 0.3 is 12.0 Å². The first-order chi connectivity index (χ1) is 5.68. The van der Waals surface area contributed by atoms with Crippen molar-refractivity contribution in [2.24, 2.45) is 0 Å². The quantitative estimate of drug-likeness (QED) is 0.295. The van der Waals surface area contributed by atoms with Crippen LogP contribution in [0.2, 0.25) is 0 Å². The van der Waals surface area contributed by atoms with E-state index in [9.17, 15) is 10.4 Å². The van der Waals surface area contributed by atoms with Gasteiger partial charge < -0.3 is 15.6 Å². The van der Waals surface area contributed by atoms with Crippen LogP contribution in [0.5, 0.6) is 0 Å². The minimum atomic E-state index is -0.0675. The highest BCUT2D eigenvalue weighted by Gasteiger charge is 2.15. The molecule has 0 saturated heterocycles.